The summed E-state index contributed by atoms with van der Waals surface area (Å²) in [6.07, 6.45) is 0.717. The third-order valence-electron chi connectivity index (χ3n) is 3.47. The zero-order chi connectivity index (χ0) is 20.5. The van der Waals surface area contributed by atoms with Crippen LogP contribution in [0, 0.1) is 10.1 Å². The Kier molecular flexibility index (Phi) is 7.21. The van der Waals surface area contributed by atoms with E-state index in [1.165, 1.54) is 42.5 Å². The first kappa shape index (κ1) is 20.6. The Morgan fingerprint density at radius 1 is 1.00 bits per heavy atom. The fraction of sp³-hybridized carbons (Fsp3) is 0.211. The molecule has 1 amide bonds. The summed E-state index contributed by atoms with van der Waals surface area (Å²) in [5.41, 5.74) is 0.473. The number of hydrogen-bond acceptors (Lipinski definition) is 7. The van der Waals surface area contributed by atoms with Crippen molar-refractivity contribution in [3.8, 4) is 0 Å². The monoisotopic (exact) mass is 386 g/mol. The molecule has 0 aromatic heterocycles. The second-order valence-corrected chi connectivity index (χ2v) is 5.65. The van der Waals surface area contributed by atoms with Crippen molar-refractivity contribution in [2.24, 2.45) is 0 Å². The standard InChI is InChI=1S/C19H18N2O7/c1-2-10-27-18(23)13-6-8-15(9-7-13)20-17(22)12-28-19(24)14-4-3-5-16(11-14)21(25)26/h3-9,11H,2,10,12H2,1H3,(H,20,22). The summed E-state index contributed by atoms with van der Waals surface area (Å²) in [5.74, 6) is -1.90. The molecule has 0 aliphatic carbocycles. The summed E-state index contributed by atoms with van der Waals surface area (Å²) >= 11 is 0. The summed E-state index contributed by atoms with van der Waals surface area (Å²) in [6.45, 7) is 1.65. The van der Waals surface area contributed by atoms with Crippen molar-refractivity contribution < 1.29 is 28.8 Å². The Balaban J connectivity index is 1.87. The smallest absolute Gasteiger partial charge is 0.338 e. The maximum atomic E-state index is 11.9. The molecule has 9 heteroatoms. The van der Waals surface area contributed by atoms with Crippen LogP contribution in [0.2, 0.25) is 0 Å². The van der Waals surface area contributed by atoms with E-state index in [-0.39, 0.29) is 11.3 Å². The number of anilines is 1. The maximum Gasteiger partial charge on any atom is 0.338 e. The lowest BCUT2D eigenvalue weighted by molar-refractivity contribution is -0.384. The lowest BCUT2D eigenvalue weighted by Gasteiger charge is -2.08. The molecule has 2 aromatic carbocycles. The van der Waals surface area contributed by atoms with Gasteiger partial charge in [-0.05, 0) is 36.8 Å². The zero-order valence-electron chi connectivity index (χ0n) is 15.0. The lowest BCUT2D eigenvalue weighted by Crippen LogP contribution is -2.21. The number of carbonyl (C=O) groups is 3. The zero-order valence-corrected chi connectivity index (χ0v) is 15.0. The van der Waals surface area contributed by atoms with Crippen molar-refractivity contribution >= 4 is 29.2 Å². The predicted molar refractivity (Wildman–Crippen MR) is 99.0 cm³/mol. The van der Waals surface area contributed by atoms with Gasteiger partial charge in [-0.15, -0.1) is 0 Å². The quantitative estimate of drug-likeness (QED) is 0.420. The minimum Gasteiger partial charge on any atom is -0.462 e. The van der Waals surface area contributed by atoms with Gasteiger partial charge in [-0.2, -0.15) is 0 Å². The number of non-ortho nitro benzene ring substituents is 1. The molecule has 0 heterocycles. The van der Waals surface area contributed by atoms with E-state index in [0.717, 1.165) is 12.5 Å². The Bertz CT molecular complexity index is 878. The fourth-order valence-electron chi connectivity index (χ4n) is 2.13. The number of esters is 2. The second-order valence-electron chi connectivity index (χ2n) is 5.65. The Labute approximate surface area is 160 Å². The topological polar surface area (TPSA) is 125 Å². The normalized spacial score (nSPS) is 10.0. The van der Waals surface area contributed by atoms with Crippen molar-refractivity contribution in [1.82, 2.24) is 0 Å². The highest BCUT2D eigenvalue weighted by molar-refractivity contribution is 5.96. The van der Waals surface area contributed by atoms with Gasteiger partial charge in [0, 0.05) is 17.8 Å². The number of rotatable bonds is 8. The van der Waals surface area contributed by atoms with E-state index in [1.807, 2.05) is 6.92 Å². The van der Waals surface area contributed by atoms with Gasteiger partial charge in [-0.3, -0.25) is 14.9 Å². The van der Waals surface area contributed by atoms with Crippen LogP contribution >= 0.6 is 0 Å². The Morgan fingerprint density at radius 2 is 1.68 bits per heavy atom. The summed E-state index contributed by atoms with van der Waals surface area (Å²) in [7, 11) is 0. The highest BCUT2D eigenvalue weighted by atomic mass is 16.6. The van der Waals surface area contributed by atoms with E-state index in [9.17, 15) is 24.5 Å². The minimum atomic E-state index is -0.854. The highest BCUT2D eigenvalue weighted by Gasteiger charge is 2.14. The molecule has 1 N–H and O–H groups in total. The van der Waals surface area contributed by atoms with Gasteiger partial charge in [-0.1, -0.05) is 13.0 Å². The van der Waals surface area contributed by atoms with E-state index in [4.69, 9.17) is 9.47 Å². The number of nitrogens with one attached hydrogen (secondary N) is 1. The minimum absolute atomic E-state index is 0.0306. The van der Waals surface area contributed by atoms with Gasteiger partial charge in [-0.25, -0.2) is 9.59 Å². The molecule has 0 radical (unpaired) electrons. The van der Waals surface area contributed by atoms with E-state index < -0.39 is 29.4 Å². The van der Waals surface area contributed by atoms with Gasteiger partial charge in [0.15, 0.2) is 6.61 Å². The fourth-order valence-corrected chi connectivity index (χ4v) is 2.13. The first-order valence-electron chi connectivity index (χ1n) is 8.39. The molecule has 2 rings (SSSR count). The maximum absolute atomic E-state index is 11.9. The van der Waals surface area contributed by atoms with Gasteiger partial charge >= 0.3 is 11.9 Å². The van der Waals surface area contributed by atoms with Crippen molar-refractivity contribution in [2.75, 3.05) is 18.5 Å². The van der Waals surface area contributed by atoms with Gasteiger partial charge < -0.3 is 14.8 Å². The second kappa shape index (κ2) is 9.81. The number of amides is 1. The van der Waals surface area contributed by atoms with Crippen LogP contribution in [-0.4, -0.2) is 36.0 Å². The molecule has 0 unspecified atom stereocenters. The molecular weight excluding hydrogens is 368 g/mol. The third kappa shape index (κ3) is 5.90. The van der Waals surface area contributed by atoms with E-state index >= 15 is 0 Å². The molecule has 0 saturated carbocycles. The number of nitro benzene ring substituents is 1. The summed E-state index contributed by atoms with van der Waals surface area (Å²) in [5, 5.41) is 13.2. The van der Waals surface area contributed by atoms with Gasteiger partial charge in [0.2, 0.25) is 0 Å². The van der Waals surface area contributed by atoms with E-state index in [1.54, 1.807) is 0 Å². The molecule has 0 atom stereocenters. The van der Waals surface area contributed by atoms with E-state index in [0.29, 0.717) is 17.9 Å². The molecule has 0 aliphatic heterocycles. The average molecular weight is 386 g/mol. The van der Waals surface area contributed by atoms with Crippen molar-refractivity contribution in [3.63, 3.8) is 0 Å². The van der Waals surface area contributed by atoms with Gasteiger partial charge in [0.1, 0.15) is 0 Å². The highest BCUT2D eigenvalue weighted by Crippen LogP contribution is 2.14. The van der Waals surface area contributed by atoms with Gasteiger partial charge in [0.25, 0.3) is 11.6 Å². The summed E-state index contributed by atoms with van der Waals surface area (Å²) < 4.78 is 9.86. The number of hydrogen-bond donors (Lipinski definition) is 1. The van der Waals surface area contributed by atoms with Crippen LogP contribution in [0.4, 0.5) is 11.4 Å². The van der Waals surface area contributed by atoms with Crippen LogP contribution < -0.4 is 5.32 Å². The number of nitrogens with zero attached hydrogens (tertiary/aromatic N) is 1. The van der Waals surface area contributed by atoms with E-state index in [2.05, 4.69) is 5.32 Å². The lowest BCUT2D eigenvalue weighted by atomic mass is 10.2. The number of ether oxygens (including phenoxy) is 2. The van der Waals surface area contributed by atoms with Crippen molar-refractivity contribution in [1.29, 1.82) is 0 Å². The van der Waals surface area contributed by atoms with Crippen LogP contribution in [0.1, 0.15) is 34.1 Å². The molecule has 146 valence electrons. The number of benzene rings is 2. The number of carbonyl (C=O) groups excluding carboxylic acids is 3. The number of nitro groups is 1. The molecule has 0 aliphatic rings. The molecule has 0 spiro atoms. The van der Waals surface area contributed by atoms with Gasteiger partial charge in [0.05, 0.1) is 22.7 Å². The average Bonchev–Trinajstić information content (AvgIpc) is 2.70. The molecular formula is C19H18N2O7. The molecule has 2 aromatic rings. The van der Waals surface area contributed by atoms with Crippen LogP contribution in [-0.2, 0) is 14.3 Å². The summed E-state index contributed by atoms with van der Waals surface area (Å²) in [6, 6.07) is 11.0. The molecule has 0 fully saturated rings. The molecule has 0 saturated heterocycles. The van der Waals surface area contributed by atoms with Crippen molar-refractivity contribution in [3.05, 3.63) is 69.8 Å². The van der Waals surface area contributed by atoms with Crippen LogP contribution in [0.3, 0.4) is 0 Å². The Morgan fingerprint density at radius 3 is 2.32 bits per heavy atom. The first-order valence-corrected chi connectivity index (χ1v) is 8.39. The molecule has 9 nitrogen and oxygen atoms in total. The largest absolute Gasteiger partial charge is 0.462 e. The van der Waals surface area contributed by atoms with Crippen LogP contribution in [0.15, 0.2) is 48.5 Å². The predicted octanol–water partition coefficient (Wildman–Crippen LogP) is 2.96. The summed E-state index contributed by atoms with van der Waals surface area (Å²) in [4.78, 5) is 45.6. The van der Waals surface area contributed by atoms with Crippen LogP contribution in [0.25, 0.3) is 0 Å². The first-order chi connectivity index (χ1) is 13.4. The molecule has 0 bridgehead atoms. The molecule has 28 heavy (non-hydrogen) atoms. The van der Waals surface area contributed by atoms with Crippen molar-refractivity contribution in [2.45, 2.75) is 13.3 Å². The Hall–Kier alpha value is -3.75. The SMILES string of the molecule is CCCOC(=O)c1ccc(NC(=O)COC(=O)c2cccc([N+](=O)[O-])c2)cc1. The van der Waals surface area contributed by atoms with Crippen LogP contribution in [0.5, 0.6) is 0 Å². The third-order valence-corrected chi connectivity index (χ3v) is 3.47.